The van der Waals surface area contributed by atoms with E-state index < -0.39 is 0 Å². The molecule has 120 valence electrons. The van der Waals surface area contributed by atoms with E-state index in [0.717, 1.165) is 25.9 Å². The highest BCUT2D eigenvalue weighted by molar-refractivity contribution is 5.92. The minimum atomic E-state index is -0.163. The third-order valence-corrected chi connectivity index (χ3v) is 3.75. The van der Waals surface area contributed by atoms with E-state index in [-0.39, 0.29) is 11.9 Å². The van der Waals surface area contributed by atoms with Crippen LogP contribution in [-0.4, -0.2) is 52.1 Å². The number of aromatic nitrogens is 4. The summed E-state index contributed by atoms with van der Waals surface area (Å²) in [7, 11) is 1.58. The van der Waals surface area contributed by atoms with Crippen LogP contribution in [0.5, 0.6) is 5.88 Å². The van der Waals surface area contributed by atoms with E-state index in [0.29, 0.717) is 17.5 Å². The summed E-state index contributed by atoms with van der Waals surface area (Å²) in [4.78, 5) is 30.6. The van der Waals surface area contributed by atoms with Gasteiger partial charge in [0.1, 0.15) is 12.0 Å². The minimum absolute atomic E-state index is 0.124. The molecule has 0 radical (unpaired) electrons. The largest absolute Gasteiger partial charge is 0.481 e. The molecule has 0 unspecified atom stereocenters. The normalized spacial score (nSPS) is 15.3. The van der Waals surface area contributed by atoms with Crippen LogP contribution in [0.4, 0.5) is 5.95 Å². The Bertz CT molecular complexity index is 658. The summed E-state index contributed by atoms with van der Waals surface area (Å²) < 4.78 is 5.12. The Hall–Kier alpha value is -2.77. The lowest BCUT2D eigenvalue weighted by atomic mass is 10.1. The first-order valence-electron chi connectivity index (χ1n) is 7.45. The number of rotatable bonds is 4. The van der Waals surface area contributed by atoms with Gasteiger partial charge in [-0.3, -0.25) is 4.79 Å². The Morgan fingerprint density at radius 2 is 2.09 bits per heavy atom. The summed E-state index contributed by atoms with van der Waals surface area (Å²) in [6, 6.07) is 3.45. The molecule has 0 bridgehead atoms. The minimum Gasteiger partial charge on any atom is -0.481 e. The number of anilines is 1. The number of carbonyl (C=O) groups is 1. The van der Waals surface area contributed by atoms with E-state index in [1.807, 2.05) is 0 Å². The van der Waals surface area contributed by atoms with Crippen molar-refractivity contribution in [3.63, 3.8) is 0 Å². The van der Waals surface area contributed by atoms with Crippen LogP contribution in [0.3, 0.4) is 0 Å². The molecule has 8 heteroatoms. The topological polar surface area (TPSA) is 93.1 Å². The van der Waals surface area contributed by atoms with Crippen LogP contribution in [0.1, 0.15) is 23.3 Å². The van der Waals surface area contributed by atoms with Crippen molar-refractivity contribution in [3.05, 3.63) is 36.5 Å². The molecular weight excluding hydrogens is 296 g/mol. The predicted molar refractivity (Wildman–Crippen MR) is 83.3 cm³/mol. The number of nitrogens with one attached hydrogen (secondary N) is 1. The molecule has 3 heterocycles. The monoisotopic (exact) mass is 314 g/mol. The molecule has 2 aromatic heterocycles. The van der Waals surface area contributed by atoms with Gasteiger partial charge in [-0.25, -0.2) is 15.0 Å². The molecule has 1 N–H and O–H groups in total. The van der Waals surface area contributed by atoms with E-state index in [2.05, 4.69) is 30.2 Å². The lowest BCUT2D eigenvalue weighted by molar-refractivity contribution is 0.0926. The number of hydrogen-bond acceptors (Lipinski definition) is 7. The van der Waals surface area contributed by atoms with Crippen molar-refractivity contribution in [3.8, 4) is 5.88 Å². The molecule has 23 heavy (non-hydrogen) atoms. The summed E-state index contributed by atoms with van der Waals surface area (Å²) in [6.07, 6.45) is 6.28. The zero-order valence-electron chi connectivity index (χ0n) is 12.8. The van der Waals surface area contributed by atoms with Gasteiger partial charge in [-0.15, -0.1) is 0 Å². The van der Waals surface area contributed by atoms with Gasteiger partial charge in [0.05, 0.1) is 7.11 Å². The maximum atomic E-state index is 12.1. The molecule has 8 nitrogen and oxygen atoms in total. The summed E-state index contributed by atoms with van der Waals surface area (Å²) >= 11 is 0. The van der Waals surface area contributed by atoms with Crippen molar-refractivity contribution < 1.29 is 9.53 Å². The molecule has 1 amide bonds. The van der Waals surface area contributed by atoms with Gasteiger partial charge in [-0.05, 0) is 18.9 Å². The average molecular weight is 314 g/mol. The average Bonchev–Trinajstić information content (AvgIpc) is 2.63. The smallest absolute Gasteiger partial charge is 0.270 e. The fraction of sp³-hybridized carbons (Fsp3) is 0.400. The van der Waals surface area contributed by atoms with Gasteiger partial charge in [0.2, 0.25) is 11.8 Å². The number of ether oxygens (including phenoxy) is 1. The van der Waals surface area contributed by atoms with Gasteiger partial charge in [-0.1, -0.05) is 0 Å². The Kier molecular flexibility index (Phi) is 4.60. The molecule has 0 saturated carbocycles. The quantitative estimate of drug-likeness (QED) is 0.886. The van der Waals surface area contributed by atoms with Crippen molar-refractivity contribution in [1.82, 2.24) is 25.3 Å². The summed E-state index contributed by atoms with van der Waals surface area (Å²) in [6.45, 7) is 1.56. The van der Waals surface area contributed by atoms with Crippen molar-refractivity contribution in [2.24, 2.45) is 0 Å². The second kappa shape index (κ2) is 6.99. The fourth-order valence-electron chi connectivity index (χ4n) is 2.51. The molecule has 2 aromatic rings. The Morgan fingerprint density at radius 1 is 1.26 bits per heavy atom. The molecule has 0 spiro atoms. The highest BCUT2D eigenvalue weighted by atomic mass is 16.5. The van der Waals surface area contributed by atoms with E-state index in [1.165, 1.54) is 6.33 Å². The number of amides is 1. The maximum absolute atomic E-state index is 12.1. The molecule has 0 aromatic carbocycles. The van der Waals surface area contributed by atoms with Gasteiger partial charge < -0.3 is 15.0 Å². The maximum Gasteiger partial charge on any atom is 0.270 e. The number of piperidine rings is 1. The molecular formula is C15H18N6O2. The van der Waals surface area contributed by atoms with Crippen LogP contribution in [0.25, 0.3) is 0 Å². The molecule has 1 fully saturated rings. The first-order chi connectivity index (χ1) is 11.3. The van der Waals surface area contributed by atoms with E-state index in [1.54, 1.807) is 31.6 Å². The first-order valence-corrected chi connectivity index (χ1v) is 7.45. The predicted octanol–water partition coefficient (Wildman–Crippen LogP) is 0.674. The lowest BCUT2D eigenvalue weighted by Gasteiger charge is -2.32. The fourth-order valence-corrected chi connectivity index (χ4v) is 2.51. The zero-order valence-corrected chi connectivity index (χ0v) is 12.8. The molecule has 3 rings (SSSR count). The van der Waals surface area contributed by atoms with E-state index in [9.17, 15) is 4.79 Å². The van der Waals surface area contributed by atoms with Gasteiger partial charge in [0.25, 0.3) is 5.91 Å². The zero-order chi connectivity index (χ0) is 16.1. The molecule has 0 aliphatic carbocycles. The third-order valence-electron chi connectivity index (χ3n) is 3.75. The Labute approximate surface area is 134 Å². The number of nitrogens with zero attached hydrogens (tertiary/aromatic N) is 5. The van der Waals surface area contributed by atoms with Crippen LogP contribution < -0.4 is 15.0 Å². The van der Waals surface area contributed by atoms with Crippen LogP contribution in [0.2, 0.25) is 0 Å². The van der Waals surface area contributed by atoms with Crippen molar-refractivity contribution in [2.75, 3.05) is 25.1 Å². The standard InChI is InChI=1S/C15H18N6O2/c1-23-13-3-7-17-15(20-13)21-8-4-11(5-9-21)19-14(22)12-2-6-16-10-18-12/h2-3,6-7,10-11H,4-5,8-9H2,1H3,(H,19,22). The molecule has 0 atom stereocenters. The third kappa shape index (κ3) is 3.71. The molecule has 1 aliphatic heterocycles. The Morgan fingerprint density at radius 3 is 2.78 bits per heavy atom. The van der Waals surface area contributed by atoms with Gasteiger partial charge in [0.15, 0.2) is 0 Å². The van der Waals surface area contributed by atoms with Crippen LogP contribution >= 0.6 is 0 Å². The second-order valence-electron chi connectivity index (χ2n) is 5.23. The van der Waals surface area contributed by atoms with Crippen molar-refractivity contribution >= 4 is 11.9 Å². The van der Waals surface area contributed by atoms with Gasteiger partial charge >= 0.3 is 0 Å². The second-order valence-corrected chi connectivity index (χ2v) is 5.23. The molecule has 1 saturated heterocycles. The van der Waals surface area contributed by atoms with Crippen LogP contribution in [-0.2, 0) is 0 Å². The highest BCUT2D eigenvalue weighted by Crippen LogP contribution is 2.18. The number of hydrogen-bond donors (Lipinski definition) is 1. The summed E-state index contributed by atoms with van der Waals surface area (Å²) in [5.74, 6) is 1.04. The van der Waals surface area contributed by atoms with E-state index in [4.69, 9.17) is 4.74 Å². The van der Waals surface area contributed by atoms with Crippen molar-refractivity contribution in [1.29, 1.82) is 0 Å². The van der Waals surface area contributed by atoms with Crippen molar-refractivity contribution in [2.45, 2.75) is 18.9 Å². The van der Waals surface area contributed by atoms with E-state index >= 15 is 0 Å². The summed E-state index contributed by atoms with van der Waals surface area (Å²) in [5.41, 5.74) is 0.388. The highest BCUT2D eigenvalue weighted by Gasteiger charge is 2.23. The van der Waals surface area contributed by atoms with Gasteiger partial charge in [0, 0.05) is 37.6 Å². The van der Waals surface area contributed by atoms with Crippen LogP contribution in [0, 0.1) is 0 Å². The number of methoxy groups -OCH3 is 1. The Balaban J connectivity index is 1.55. The van der Waals surface area contributed by atoms with Gasteiger partial charge in [-0.2, -0.15) is 4.98 Å². The molecule has 1 aliphatic rings. The number of carbonyl (C=O) groups excluding carboxylic acids is 1. The van der Waals surface area contributed by atoms with Crippen LogP contribution in [0.15, 0.2) is 30.9 Å². The summed E-state index contributed by atoms with van der Waals surface area (Å²) in [5, 5.41) is 3.01. The first kappa shape index (κ1) is 15.1. The SMILES string of the molecule is COc1ccnc(N2CCC(NC(=O)c3ccncn3)CC2)n1. The lowest BCUT2D eigenvalue weighted by Crippen LogP contribution is -2.45.